The molecule has 1 aromatic carbocycles. The van der Waals surface area contributed by atoms with Gasteiger partial charge in [-0.05, 0) is 47.7 Å². The first-order valence-corrected chi connectivity index (χ1v) is 8.24. The van der Waals surface area contributed by atoms with Gasteiger partial charge in [0.15, 0.2) is 0 Å². The van der Waals surface area contributed by atoms with Crippen molar-refractivity contribution in [3.63, 3.8) is 0 Å². The molecule has 2 rings (SSSR count). The molecule has 1 saturated heterocycles. The fraction of sp³-hybridized carbons (Fsp3) is 0.429. The Hall–Kier alpha value is -0.860. The van der Waals surface area contributed by atoms with Crippen LogP contribution in [0.15, 0.2) is 18.2 Å². The molecule has 2 amide bonds. The van der Waals surface area contributed by atoms with Crippen molar-refractivity contribution in [1.82, 2.24) is 15.5 Å². The quantitative estimate of drug-likeness (QED) is 0.727. The Balaban J connectivity index is 2.21. The van der Waals surface area contributed by atoms with Crippen molar-refractivity contribution in [2.45, 2.75) is 13.0 Å². The van der Waals surface area contributed by atoms with Crippen LogP contribution in [0.25, 0.3) is 0 Å². The Morgan fingerprint density at radius 2 is 2.29 bits per heavy atom. The molecule has 7 heteroatoms. The van der Waals surface area contributed by atoms with Crippen molar-refractivity contribution >= 4 is 46.0 Å². The van der Waals surface area contributed by atoms with Crippen LogP contribution in [-0.4, -0.2) is 48.9 Å². The molecule has 1 aliphatic rings. The molecule has 0 saturated carbocycles. The average molecular weight is 422 g/mol. The highest BCUT2D eigenvalue weighted by Crippen LogP contribution is 2.21. The van der Waals surface area contributed by atoms with Crippen LogP contribution < -0.4 is 10.6 Å². The molecule has 1 aliphatic heterocycles. The van der Waals surface area contributed by atoms with E-state index in [9.17, 15) is 9.59 Å². The van der Waals surface area contributed by atoms with Crippen molar-refractivity contribution in [3.05, 3.63) is 32.4 Å². The van der Waals surface area contributed by atoms with Gasteiger partial charge in [-0.25, -0.2) is 0 Å². The van der Waals surface area contributed by atoms with E-state index in [1.165, 1.54) is 0 Å². The molecule has 21 heavy (non-hydrogen) atoms. The van der Waals surface area contributed by atoms with Gasteiger partial charge in [0.1, 0.15) is 6.04 Å². The molecule has 0 spiro atoms. The molecule has 0 aromatic heterocycles. The normalized spacial score (nSPS) is 18.4. The molecule has 1 aromatic rings. The fourth-order valence-electron chi connectivity index (χ4n) is 2.27. The third kappa shape index (κ3) is 3.87. The van der Waals surface area contributed by atoms with Gasteiger partial charge in [0, 0.05) is 35.3 Å². The van der Waals surface area contributed by atoms with Crippen LogP contribution in [0.2, 0.25) is 5.02 Å². The summed E-state index contributed by atoms with van der Waals surface area (Å²) in [6.07, 6.45) is 0. The molecule has 1 atom stereocenters. The maximum atomic E-state index is 12.6. The van der Waals surface area contributed by atoms with Gasteiger partial charge in [0.2, 0.25) is 5.91 Å². The fourth-order valence-corrected chi connectivity index (χ4v) is 2.78. The van der Waals surface area contributed by atoms with E-state index in [1.54, 1.807) is 23.1 Å². The zero-order chi connectivity index (χ0) is 15.4. The number of carbonyl (C=O) groups excluding carboxylic acids is 2. The van der Waals surface area contributed by atoms with Gasteiger partial charge >= 0.3 is 0 Å². The summed E-state index contributed by atoms with van der Waals surface area (Å²) in [5.41, 5.74) is 0.511. The SMILES string of the molecule is CCNC(=O)C1CNCCN1C(=O)c1ccc(I)c(Cl)c1. The van der Waals surface area contributed by atoms with Crippen LogP contribution >= 0.6 is 34.2 Å². The Bertz CT molecular complexity index is 553. The number of rotatable bonds is 3. The van der Waals surface area contributed by atoms with Crippen molar-refractivity contribution in [1.29, 1.82) is 0 Å². The smallest absolute Gasteiger partial charge is 0.254 e. The van der Waals surface area contributed by atoms with E-state index in [4.69, 9.17) is 11.6 Å². The van der Waals surface area contributed by atoms with Crippen LogP contribution in [0.1, 0.15) is 17.3 Å². The molecule has 5 nitrogen and oxygen atoms in total. The summed E-state index contributed by atoms with van der Waals surface area (Å²) in [6, 6.07) is 4.72. The first-order chi connectivity index (χ1) is 10.0. The minimum absolute atomic E-state index is 0.130. The molecule has 0 aliphatic carbocycles. The predicted molar refractivity (Wildman–Crippen MR) is 90.5 cm³/mol. The zero-order valence-corrected chi connectivity index (χ0v) is 14.6. The Labute approximate surface area is 142 Å². The van der Waals surface area contributed by atoms with E-state index >= 15 is 0 Å². The van der Waals surface area contributed by atoms with Crippen molar-refractivity contribution in [2.24, 2.45) is 0 Å². The third-order valence-electron chi connectivity index (χ3n) is 3.32. The van der Waals surface area contributed by atoms with E-state index < -0.39 is 6.04 Å². The zero-order valence-electron chi connectivity index (χ0n) is 11.7. The number of piperazine rings is 1. The van der Waals surface area contributed by atoms with E-state index in [0.29, 0.717) is 36.8 Å². The van der Waals surface area contributed by atoms with Gasteiger partial charge in [0.25, 0.3) is 5.91 Å². The van der Waals surface area contributed by atoms with Gasteiger partial charge in [-0.15, -0.1) is 0 Å². The molecular weight excluding hydrogens is 405 g/mol. The lowest BCUT2D eigenvalue weighted by Crippen LogP contribution is -2.59. The van der Waals surface area contributed by atoms with Gasteiger partial charge in [-0.3, -0.25) is 9.59 Å². The Kier molecular flexibility index (Phi) is 5.83. The van der Waals surface area contributed by atoms with Crippen LogP contribution in [0.4, 0.5) is 0 Å². The minimum Gasteiger partial charge on any atom is -0.355 e. The summed E-state index contributed by atoms with van der Waals surface area (Å²) in [7, 11) is 0. The van der Waals surface area contributed by atoms with E-state index in [1.807, 2.05) is 6.92 Å². The number of amides is 2. The molecule has 2 N–H and O–H groups in total. The molecule has 0 bridgehead atoms. The molecule has 114 valence electrons. The summed E-state index contributed by atoms with van der Waals surface area (Å²) in [6.45, 7) is 4.06. The summed E-state index contributed by atoms with van der Waals surface area (Å²) < 4.78 is 0.895. The van der Waals surface area contributed by atoms with Gasteiger partial charge in [-0.1, -0.05) is 11.6 Å². The predicted octanol–water partition coefficient (Wildman–Crippen LogP) is 1.49. The summed E-state index contributed by atoms with van der Waals surface area (Å²) in [5, 5.41) is 6.47. The Morgan fingerprint density at radius 1 is 1.52 bits per heavy atom. The number of nitrogens with one attached hydrogen (secondary N) is 2. The number of hydrogen-bond acceptors (Lipinski definition) is 3. The first kappa shape index (κ1) is 16.5. The van der Waals surface area contributed by atoms with Crippen LogP contribution in [-0.2, 0) is 4.79 Å². The lowest BCUT2D eigenvalue weighted by molar-refractivity contribution is -0.126. The third-order valence-corrected chi connectivity index (χ3v) is 4.90. The van der Waals surface area contributed by atoms with Gasteiger partial charge in [0.05, 0.1) is 5.02 Å². The van der Waals surface area contributed by atoms with E-state index in [0.717, 1.165) is 3.57 Å². The minimum atomic E-state index is -0.482. The highest BCUT2D eigenvalue weighted by molar-refractivity contribution is 14.1. The maximum absolute atomic E-state index is 12.6. The highest BCUT2D eigenvalue weighted by atomic mass is 127. The van der Waals surface area contributed by atoms with Crippen LogP contribution in [0.5, 0.6) is 0 Å². The Morgan fingerprint density at radius 3 is 2.95 bits per heavy atom. The monoisotopic (exact) mass is 421 g/mol. The lowest BCUT2D eigenvalue weighted by atomic mass is 10.1. The number of nitrogens with zero attached hydrogens (tertiary/aromatic N) is 1. The average Bonchev–Trinajstić information content (AvgIpc) is 2.49. The van der Waals surface area contributed by atoms with Crippen molar-refractivity contribution in [2.75, 3.05) is 26.2 Å². The lowest BCUT2D eigenvalue weighted by Gasteiger charge is -2.35. The van der Waals surface area contributed by atoms with Crippen molar-refractivity contribution < 1.29 is 9.59 Å². The first-order valence-electron chi connectivity index (χ1n) is 6.79. The maximum Gasteiger partial charge on any atom is 0.254 e. The number of hydrogen-bond donors (Lipinski definition) is 2. The highest BCUT2D eigenvalue weighted by Gasteiger charge is 2.32. The molecule has 1 unspecified atom stereocenters. The molecular formula is C14H17ClIN3O2. The number of carbonyl (C=O) groups is 2. The molecule has 0 radical (unpaired) electrons. The van der Waals surface area contributed by atoms with Gasteiger partial charge < -0.3 is 15.5 Å². The number of likely N-dealkylation sites (N-methyl/N-ethyl adjacent to an activating group) is 1. The second-order valence-electron chi connectivity index (χ2n) is 4.74. The molecule has 1 heterocycles. The summed E-state index contributed by atoms with van der Waals surface area (Å²) in [4.78, 5) is 26.3. The van der Waals surface area contributed by atoms with E-state index in [-0.39, 0.29) is 11.8 Å². The van der Waals surface area contributed by atoms with Crippen LogP contribution in [0.3, 0.4) is 0 Å². The van der Waals surface area contributed by atoms with E-state index in [2.05, 4.69) is 33.2 Å². The van der Waals surface area contributed by atoms with Gasteiger partial charge in [-0.2, -0.15) is 0 Å². The second-order valence-corrected chi connectivity index (χ2v) is 6.31. The standard InChI is InChI=1S/C14H17ClIN3O2/c1-2-18-13(20)12-8-17-5-6-19(12)14(21)9-3-4-11(16)10(15)7-9/h3-4,7,12,17H,2,5-6,8H2,1H3,(H,18,20). The largest absolute Gasteiger partial charge is 0.355 e. The number of halogens is 2. The number of benzene rings is 1. The van der Waals surface area contributed by atoms with Crippen LogP contribution in [0, 0.1) is 3.57 Å². The van der Waals surface area contributed by atoms with Crippen molar-refractivity contribution in [3.8, 4) is 0 Å². The topological polar surface area (TPSA) is 61.4 Å². The molecule has 1 fully saturated rings. The summed E-state index contributed by atoms with van der Waals surface area (Å²) >= 11 is 8.19. The summed E-state index contributed by atoms with van der Waals surface area (Å²) in [5.74, 6) is -0.291. The second kappa shape index (κ2) is 7.42.